The van der Waals surface area contributed by atoms with Crippen LogP contribution in [0.1, 0.15) is 18.5 Å². The molecule has 0 bridgehead atoms. The fourth-order valence-electron chi connectivity index (χ4n) is 1.68. The molecule has 0 radical (unpaired) electrons. The van der Waals surface area contributed by atoms with Gasteiger partial charge in [0.25, 0.3) is 0 Å². The minimum Gasteiger partial charge on any atom is -0.388 e. The SMILES string of the molecule is NC(=S)c1cnc(NC2CCS(=O)CC2)cn1. The number of nitrogens with one attached hydrogen (secondary N) is 1. The third kappa shape index (κ3) is 3.44. The second-order valence-electron chi connectivity index (χ2n) is 3.92. The van der Waals surface area contributed by atoms with Crippen LogP contribution in [0.4, 0.5) is 5.82 Å². The zero-order valence-electron chi connectivity index (χ0n) is 9.26. The molecule has 2 rings (SSSR count). The lowest BCUT2D eigenvalue weighted by molar-refractivity contribution is 0.622. The largest absolute Gasteiger partial charge is 0.388 e. The highest BCUT2D eigenvalue weighted by molar-refractivity contribution is 7.85. The first-order valence-corrected chi connectivity index (χ1v) is 7.28. The minimum absolute atomic E-state index is 0.247. The van der Waals surface area contributed by atoms with E-state index in [2.05, 4.69) is 15.3 Å². The molecule has 3 N–H and O–H groups in total. The zero-order valence-corrected chi connectivity index (χ0v) is 10.9. The lowest BCUT2D eigenvalue weighted by atomic mass is 10.1. The monoisotopic (exact) mass is 270 g/mol. The van der Waals surface area contributed by atoms with Gasteiger partial charge in [0.05, 0.1) is 12.4 Å². The Balaban J connectivity index is 1.95. The van der Waals surface area contributed by atoms with Crippen LogP contribution in [0.3, 0.4) is 0 Å². The van der Waals surface area contributed by atoms with Gasteiger partial charge in [0.1, 0.15) is 16.5 Å². The summed E-state index contributed by atoms with van der Waals surface area (Å²) in [5.74, 6) is 2.23. The van der Waals surface area contributed by atoms with Crippen molar-refractivity contribution in [1.82, 2.24) is 9.97 Å². The van der Waals surface area contributed by atoms with Crippen LogP contribution in [-0.2, 0) is 10.8 Å². The Bertz CT molecular complexity index is 424. The molecule has 0 atom stereocenters. The predicted molar refractivity (Wildman–Crippen MR) is 72.4 cm³/mol. The van der Waals surface area contributed by atoms with Crippen LogP contribution in [0, 0.1) is 0 Å². The third-order valence-electron chi connectivity index (χ3n) is 2.64. The van der Waals surface area contributed by atoms with Gasteiger partial charge in [-0.15, -0.1) is 0 Å². The highest BCUT2D eigenvalue weighted by Crippen LogP contribution is 2.14. The molecule has 92 valence electrons. The molecular weight excluding hydrogens is 256 g/mol. The maximum Gasteiger partial charge on any atom is 0.144 e. The first kappa shape index (κ1) is 12.4. The fraction of sp³-hybridized carbons (Fsp3) is 0.500. The van der Waals surface area contributed by atoms with E-state index >= 15 is 0 Å². The van der Waals surface area contributed by atoms with Crippen molar-refractivity contribution in [2.24, 2.45) is 5.73 Å². The molecule has 0 aliphatic carbocycles. The lowest BCUT2D eigenvalue weighted by Crippen LogP contribution is -2.29. The van der Waals surface area contributed by atoms with E-state index in [4.69, 9.17) is 18.0 Å². The van der Waals surface area contributed by atoms with Gasteiger partial charge in [0, 0.05) is 28.3 Å². The minimum atomic E-state index is -0.638. The number of rotatable bonds is 3. The Labute approximate surface area is 108 Å². The summed E-state index contributed by atoms with van der Waals surface area (Å²) in [7, 11) is -0.638. The highest BCUT2D eigenvalue weighted by Gasteiger charge is 2.17. The number of anilines is 1. The van der Waals surface area contributed by atoms with Crippen molar-refractivity contribution in [3.63, 3.8) is 0 Å². The van der Waals surface area contributed by atoms with Crippen LogP contribution in [0.15, 0.2) is 12.4 Å². The summed E-state index contributed by atoms with van der Waals surface area (Å²) in [6.07, 6.45) is 5.00. The molecule has 7 heteroatoms. The van der Waals surface area contributed by atoms with Crippen LogP contribution in [0.25, 0.3) is 0 Å². The number of nitrogens with zero attached hydrogens (tertiary/aromatic N) is 2. The molecule has 1 aliphatic rings. The third-order valence-corrected chi connectivity index (χ3v) is 4.24. The van der Waals surface area contributed by atoms with Gasteiger partial charge < -0.3 is 11.1 Å². The van der Waals surface area contributed by atoms with Crippen LogP contribution in [0.2, 0.25) is 0 Å². The van der Waals surface area contributed by atoms with Gasteiger partial charge in [-0.3, -0.25) is 4.21 Å². The summed E-state index contributed by atoms with van der Waals surface area (Å²) in [5.41, 5.74) is 5.96. The number of nitrogens with two attached hydrogens (primary N) is 1. The fourth-order valence-corrected chi connectivity index (χ4v) is 3.08. The summed E-state index contributed by atoms with van der Waals surface area (Å²) >= 11 is 4.80. The molecule has 1 saturated heterocycles. The molecule has 0 amide bonds. The van der Waals surface area contributed by atoms with Gasteiger partial charge in [0.2, 0.25) is 0 Å². The first-order chi connectivity index (χ1) is 8.15. The molecule has 17 heavy (non-hydrogen) atoms. The van der Waals surface area contributed by atoms with Crippen LogP contribution >= 0.6 is 12.2 Å². The summed E-state index contributed by atoms with van der Waals surface area (Å²) in [5, 5.41) is 3.28. The summed E-state index contributed by atoms with van der Waals surface area (Å²) < 4.78 is 11.2. The van der Waals surface area contributed by atoms with E-state index in [0.29, 0.717) is 17.6 Å². The van der Waals surface area contributed by atoms with Gasteiger partial charge in [0.15, 0.2) is 0 Å². The molecule has 0 saturated carbocycles. The van der Waals surface area contributed by atoms with Crippen molar-refractivity contribution in [1.29, 1.82) is 0 Å². The standard InChI is InChI=1S/C10H14N4OS2/c11-10(16)8-5-13-9(6-12-8)14-7-1-3-17(15)4-2-7/h5-7H,1-4H2,(H2,11,16)(H,13,14). The average Bonchev–Trinajstić information content (AvgIpc) is 2.33. The van der Waals surface area contributed by atoms with Crippen molar-refractivity contribution in [2.75, 3.05) is 16.8 Å². The zero-order chi connectivity index (χ0) is 12.3. The Morgan fingerprint density at radius 3 is 2.65 bits per heavy atom. The second kappa shape index (κ2) is 5.50. The van der Waals surface area contributed by atoms with Crippen molar-refractivity contribution < 1.29 is 4.21 Å². The number of hydrogen-bond acceptors (Lipinski definition) is 5. The van der Waals surface area contributed by atoms with Gasteiger partial charge in [-0.2, -0.15) is 0 Å². The van der Waals surface area contributed by atoms with Crippen molar-refractivity contribution in [2.45, 2.75) is 18.9 Å². The van der Waals surface area contributed by atoms with E-state index in [1.54, 1.807) is 12.4 Å². The van der Waals surface area contributed by atoms with Crippen LogP contribution in [0.5, 0.6) is 0 Å². The maximum atomic E-state index is 11.2. The molecule has 0 spiro atoms. The van der Waals surface area contributed by atoms with E-state index in [-0.39, 0.29) is 4.99 Å². The quantitative estimate of drug-likeness (QED) is 0.776. The normalized spacial score (nSPS) is 24.2. The summed E-state index contributed by atoms with van der Waals surface area (Å²) in [6.45, 7) is 0. The highest BCUT2D eigenvalue weighted by atomic mass is 32.2. The van der Waals surface area contributed by atoms with Gasteiger partial charge in [-0.1, -0.05) is 12.2 Å². The summed E-state index contributed by atoms with van der Waals surface area (Å²) in [4.78, 5) is 8.55. The maximum absolute atomic E-state index is 11.2. The van der Waals surface area contributed by atoms with Gasteiger partial charge in [-0.25, -0.2) is 9.97 Å². The average molecular weight is 270 g/mol. The smallest absolute Gasteiger partial charge is 0.144 e. The number of thiocarbonyl (C=S) groups is 1. The molecule has 5 nitrogen and oxygen atoms in total. The molecule has 1 aromatic rings. The van der Waals surface area contributed by atoms with E-state index in [1.807, 2.05) is 0 Å². The topological polar surface area (TPSA) is 80.9 Å². The Morgan fingerprint density at radius 2 is 2.12 bits per heavy atom. The molecule has 1 fully saturated rings. The Kier molecular flexibility index (Phi) is 4.01. The lowest BCUT2D eigenvalue weighted by Gasteiger charge is -2.22. The second-order valence-corrected chi connectivity index (χ2v) is 6.05. The number of aromatic nitrogens is 2. The number of hydrogen-bond donors (Lipinski definition) is 2. The first-order valence-electron chi connectivity index (χ1n) is 5.38. The van der Waals surface area contributed by atoms with E-state index in [1.165, 1.54) is 0 Å². The summed E-state index contributed by atoms with van der Waals surface area (Å²) in [6, 6.07) is 0.331. The van der Waals surface area contributed by atoms with Crippen LogP contribution in [-0.4, -0.2) is 36.7 Å². The molecule has 0 unspecified atom stereocenters. The van der Waals surface area contributed by atoms with E-state index in [9.17, 15) is 4.21 Å². The molecular formula is C10H14N4OS2. The molecule has 2 heterocycles. The Hall–Kier alpha value is -1.08. The van der Waals surface area contributed by atoms with E-state index < -0.39 is 10.8 Å². The molecule has 0 aromatic carbocycles. The van der Waals surface area contributed by atoms with E-state index in [0.717, 1.165) is 24.3 Å². The van der Waals surface area contributed by atoms with Crippen LogP contribution < -0.4 is 11.1 Å². The predicted octanol–water partition coefficient (Wildman–Crippen LogP) is 0.434. The van der Waals surface area contributed by atoms with Crippen molar-refractivity contribution in [3.8, 4) is 0 Å². The Morgan fingerprint density at radius 1 is 1.41 bits per heavy atom. The molecule has 1 aromatic heterocycles. The van der Waals surface area contributed by atoms with Gasteiger partial charge in [-0.05, 0) is 12.8 Å². The van der Waals surface area contributed by atoms with Crippen molar-refractivity contribution >= 4 is 33.8 Å². The molecule has 1 aliphatic heterocycles. The van der Waals surface area contributed by atoms with Crippen molar-refractivity contribution in [3.05, 3.63) is 18.1 Å². The van der Waals surface area contributed by atoms with Gasteiger partial charge >= 0.3 is 0 Å².